The molecule has 0 fully saturated rings. The quantitative estimate of drug-likeness (QED) is 0.549. The summed E-state index contributed by atoms with van der Waals surface area (Å²) in [6.07, 6.45) is 6.43. The summed E-state index contributed by atoms with van der Waals surface area (Å²) in [5, 5.41) is 3.48. The Morgan fingerprint density at radius 2 is 1.86 bits per heavy atom. The Morgan fingerprint density at radius 1 is 1.07 bits per heavy atom. The van der Waals surface area contributed by atoms with E-state index in [0.717, 1.165) is 26.2 Å². The largest absolute Gasteiger partial charge is 0.380 e. The number of ether oxygens (including phenoxy) is 1. The van der Waals surface area contributed by atoms with E-state index in [1.807, 2.05) is 0 Å². The average Bonchev–Trinajstić information content (AvgIpc) is 2.18. The van der Waals surface area contributed by atoms with Crippen molar-refractivity contribution < 1.29 is 4.74 Å². The summed E-state index contributed by atoms with van der Waals surface area (Å²) in [5.74, 6) is 0. The van der Waals surface area contributed by atoms with Gasteiger partial charge in [-0.05, 0) is 19.8 Å². The average molecular weight is 201 g/mol. The lowest BCUT2D eigenvalue weighted by Crippen LogP contribution is -2.29. The van der Waals surface area contributed by atoms with Crippen LogP contribution in [0.5, 0.6) is 0 Å². The number of unbranched alkanes of at least 4 members (excludes halogenated alkanes) is 2. The molecule has 86 valence electrons. The molecule has 1 N–H and O–H groups in total. The normalized spacial score (nSPS) is 13.1. The summed E-state index contributed by atoms with van der Waals surface area (Å²) in [6, 6.07) is 0.645. The van der Waals surface area contributed by atoms with Gasteiger partial charge in [0.25, 0.3) is 0 Å². The molecule has 0 amide bonds. The highest BCUT2D eigenvalue weighted by Gasteiger charge is 1.99. The second kappa shape index (κ2) is 11.0. The second-order valence-corrected chi connectivity index (χ2v) is 3.96. The van der Waals surface area contributed by atoms with E-state index in [9.17, 15) is 0 Å². The van der Waals surface area contributed by atoms with Crippen molar-refractivity contribution in [3.63, 3.8) is 0 Å². The van der Waals surface area contributed by atoms with Crippen molar-refractivity contribution in [2.45, 2.75) is 58.9 Å². The molecule has 0 spiro atoms. The van der Waals surface area contributed by atoms with Gasteiger partial charge < -0.3 is 10.1 Å². The van der Waals surface area contributed by atoms with Crippen molar-refractivity contribution >= 4 is 0 Å². The van der Waals surface area contributed by atoms with Crippen molar-refractivity contribution in [2.24, 2.45) is 0 Å². The second-order valence-electron chi connectivity index (χ2n) is 3.96. The van der Waals surface area contributed by atoms with Crippen LogP contribution in [0.4, 0.5) is 0 Å². The smallest absolute Gasteiger partial charge is 0.0590 e. The number of rotatable bonds is 10. The topological polar surface area (TPSA) is 21.3 Å². The lowest BCUT2D eigenvalue weighted by Gasteiger charge is -2.13. The SMILES string of the molecule is CCCCCC(C)NCCOCCC. The molecule has 0 aromatic carbocycles. The number of hydrogen-bond acceptors (Lipinski definition) is 2. The molecule has 0 radical (unpaired) electrons. The van der Waals surface area contributed by atoms with Crippen LogP contribution < -0.4 is 5.32 Å². The van der Waals surface area contributed by atoms with Crippen LogP contribution >= 0.6 is 0 Å². The third kappa shape index (κ3) is 10.0. The van der Waals surface area contributed by atoms with E-state index >= 15 is 0 Å². The van der Waals surface area contributed by atoms with Gasteiger partial charge in [0.2, 0.25) is 0 Å². The summed E-state index contributed by atoms with van der Waals surface area (Å²) in [4.78, 5) is 0. The Hall–Kier alpha value is -0.0800. The molecule has 0 aliphatic heterocycles. The summed E-state index contributed by atoms with van der Waals surface area (Å²) >= 11 is 0. The van der Waals surface area contributed by atoms with Crippen LogP contribution in [-0.4, -0.2) is 25.8 Å². The minimum atomic E-state index is 0.645. The van der Waals surface area contributed by atoms with Crippen LogP contribution in [0.25, 0.3) is 0 Å². The Bertz CT molecular complexity index is 106. The molecule has 0 bridgehead atoms. The van der Waals surface area contributed by atoms with Crippen molar-refractivity contribution in [1.29, 1.82) is 0 Å². The molecule has 0 rings (SSSR count). The molecule has 1 unspecified atom stereocenters. The minimum absolute atomic E-state index is 0.645. The van der Waals surface area contributed by atoms with Gasteiger partial charge in [-0.25, -0.2) is 0 Å². The summed E-state index contributed by atoms with van der Waals surface area (Å²) in [6.45, 7) is 9.39. The number of nitrogens with one attached hydrogen (secondary N) is 1. The van der Waals surface area contributed by atoms with Crippen LogP contribution in [0.1, 0.15) is 52.9 Å². The van der Waals surface area contributed by atoms with Crippen molar-refractivity contribution in [3.05, 3.63) is 0 Å². The van der Waals surface area contributed by atoms with Crippen molar-refractivity contribution in [1.82, 2.24) is 5.32 Å². The Labute approximate surface area is 89.4 Å². The molecule has 0 aromatic heterocycles. The van der Waals surface area contributed by atoms with E-state index in [2.05, 4.69) is 26.1 Å². The fourth-order valence-corrected chi connectivity index (χ4v) is 1.43. The molecule has 14 heavy (non-hydrogen) atoms. The van der Waals surface area contributed by atoms with Gasteiger partial charge in [0, 0.05) is 19.2 Å². The Kier molecular flexibility index (Phi) is 10.9. The molecule has 0 aliphatic carbocycles. The first-order valence-electron chi connectivity index (χ1n) is 6.12. The third-order valence-electron chi connectivity index (χ3n) is 2.33. The lowest BCUT2D eigenvalue weighted by molar-refractivity contribution is 0.134. The zero-order chi connectivity index (χ0) is 10.6. The summed E-state index contributed by atoms with van der Waals surface area (Å²) < 4.78 is 5.40. The maximum Gasteiger partial charge on any atom is 0.0590 e. The van der Waals surface area contributed by atoms with E-state index in [0.29, 0.717) is 6.04 Å². The fraction of sp³-hybridized carbons (Fsp3) is 1.00. The van der Waals surface area contributed by atoms with E-state index in [1.165, 1.54) is 25.7 Å². The highest BCUT2D eigenvalue weighted by molar-refractivity contribution is 4.59. The predicted molar refractivity (Wildman–Crippen MR) is 62.7 cm³/mol. The maximum atomic E-state index is 5.40. The van der Waals surface area contributed by atoms with Crippen molar-refractivity contribution in [2.75, 3.05) is 19.8 Å². The van der Waals surface area contributed by atoms with Gasteiger partial charge in [-0.1, -0.05) is 33.1 Å². The van der Waals surface area contributed by atoms with E-state index < -0.39 is 0 Å². The van der Waals surface area contributed by atoms with Crippen LogP contribution in [0.15, 0.2) is 0 Å². The van der Waals surface area contributed by atoms with Gasteiger partial charge in [-0.3, -0.25) is 0 Å². The zero-order valence-electron chi connectivity index (χ0n) is 10.1. The van der Waals surface area contributed by atoms with Crippen LogP contribution in [-0.2, 0) is 4.74 Å². The molecular weight excluding hydrogens is 174 g/mol. The summed E-state index contributed by atoms with van der Waals surface area (Å²) in [7, 11) is 0. The maximum absolute atomic E-state index is 5.40. The molecule has 1 atom stereocenters. The first-order chi connectivity index (χ1) is 6.81. The molecule has 0 heterocycles. The molecule has 0 saturated carbocycles. The first kappa shape index (κ1) is 13.9. The van der Waals surface area contributed by atoms with Gasteiger partial charge in [0.15, 0.2) is 0 Å². The van der Waals surface area contributed by atoms with Crippen molar-refractivity contribution in [3.8, 4) is 0 Å². The predicted octanol–water partition coefficient (Wildman–Crippen LogP) is 2.97. The zero-order valence-corrected chi connectivity index (χ0v) is 10.1. The highest BCUT2D eigenvalue weighted by Crippen LogP contribution is 2.02. The fourth-order valence-electron chi connectivity index (χ4n) is 1.43. The highest BCUT2D eigenvalue weighted by atomic mass is 16.5. The molecule has 2 heteroatoms. The molecule has 0 aliphatic rings. The molecule has 2 nitrogen and oxygen atoms in total. The Balaban J connectivity index is 3.06. The Morgan fingerprint density at radius 3 is 2.50 bits per heavy atom. The van der Waals surface area contributed by atoms with E-state index in [-0.39, 0.29) is 0 Å². The van der Waals surface area contributed by atoms with Crippen LogP contribution in [0.3, 0.4) is 0 Å². The third-order valence-corrected chi connectivity index (χ3v) is 2.33. The molecule has 0 saturated heterocycles. The van der Waals surface area contributed by atoms with Gasteiger partial charge in [-0.15, -0.1) is 0 Å². The minimum Gasteiger partial charge on any atom is -0.380 e. The summed E-state index contributed by atoms with van der Waals surface area (Å²) in [5.41, 5.74) is 0. The first-order valence-corrected chi connectivity index (χ1v) is 6.12. The molecular formula is C12H27NO. The molecule has 0 aromatic rings. The van der Waals surface area contributed by atoms with Gasteiger partial charge >= 0.3 is 0 Å². The van der Waals surface area contributed by atoms with E-state index in [4.69, 9.17) is 4.74 Å². The van der Waals surface area contributed by atoms with Gasteiger partial charge in [0.1, 0.15) is 0 Å². The number of hydrogen-bond donors (Lipinski definition) is 1. The van der Waals surface area contributed by atoms with Gasteiger partial charge in [0.05, 0.1) is 6.61 Å². The lowest BCUT2D eigenvalue weighted by atomic mass is 10.1. The van der Waals surface area contributed by atoms with Gasteiger partial charge in [-0.2, -0.15) is 0 Å². The monoisotopic (exact) mass is 201 g/mol. The van der Waals surface area contributed by atoms with E-state index in [1.54, 1.807) is 0 Å². The standard InChI is InChI=1S/C12H27NO/c1-4-6-7-8-12(3)13-9-11-14-10-5-2/h12-13H,4-11H2,1-3H3. The van der Waals surface area contributed by atoms with Crippen LogP contribution in [0.2, 0.25) is 0 Å². The van der Waals surface area contributed by atoms with Crippen LogP contribution in [0, 0.1) is 0 Å².